The minimum atomic E-state index is -2.46. The van der Waals surface area contributed by atoms with Crippen LogP contribution >= 0.6 is 41.2 Å². The van der Waals surface area contributed by atoms with E-state index in [0.717, 1.165) is 36.4 Å². The molecule has 0 N–H and O–H groups in total. The predicted molar refractivity (Wildman–Crippen MR) is 115 cm³/mol. The summed E-state index contributed by atoms with van der Waals surface area (Å²) in [6.07, 6.45) is 2.05. The van der Waals surface area contributed by atoms with Crippen LogP contribution < -0.4 is 0 Å². The Morgan fingerprint density at radius 1 is 0.708 bits per heavy atom. The first-order valence-corrected chi connectivity index (χ1v) is 16.9. The average Bonchev–Trinajstić information content (AvgIpc) is 2.63. The van der Waals surface area contributed by atoms with Crippen LogP contribution in [-0.4, -0.2) is 71.8 Å². The van der Waals surface area contributed by atoms with Crippen molar-refractivity contribution in [2.45, 2.75) is 24.9 Å². The Balaban J connectivity index is 4.35. The Hall–Kier alpha value is 1.59. The second-order valence-corrected chi connectivity index (χ2v) is 18.3. The number of rotatable bonds is 16. The van der Waals surface area contributed by atoms with E-state index in [1.165, 1.54) is 9.83 Å². The summed E-state index contributed by atoms with van der Waals surface area (Å²) >= 11 is 4.29. The standard InChI is InChI=1S/C12H32O6S4Si2/c1-13-23(14-2,15-3)11-7-9-22(21-20-19)10-8-12-24(16-4,17-5)18-6/h19,22H,7-12H2,1-6H3. The van der Waals surface area contributed by atoms with Crippen molar-refractivity contribution in [2.24, 2.45) is 0 Å². The van der Waals surface area contributed by atoms with Crippen LogP contribution in [-0.2, 0) is 26.6 Å². The van der Waals surface area contributed by atoms with Gasteiger partial charge in [-0.25, -0.2) is 0 Å². The summed E-state index contributed by atoms with van der Waals surface area (Å²) in [7, 11) is 8.23. The van der Waals surface area contributed by atoms with Gasteiger partial charge in [-0.3, -0.25) is 0 Å². The SMILES string of the molecule is CO[Si](CCC[SH](CCC[Si](OC)(OC)OC)SSS)(OC)OC. The van der Waals surface area contributed by atoms with Crippen LogP contribution in [0.15, 0.2) is 0 Å². The first kappa shape index (κ1) is 25.6. The minimum absolute atomic E-state index is 0.183. The normalized spacial score (nSPS) is 13.4. The van der Waals surface area contributed by atoms with Crippen molar-refractivity contribution in [3.63, 3.8) is 0 Å². The summed E-state index contributed by atoms with van der Waals surface area (Å²) in [6, 6.07) is 1.67. The van der Waals surface area contributed by atoms with Gasteiger partial charge in [0, 0.05) is 54.7 Å². The van der Waals surface area contributed by atoms with E-state index in [9.17, 15) is 0 Å². The third-order valence-electron chi connectivity index (χ3n) is 3.79. The third-order valence-corrected chi connectivity index (χ3v) is 17.6. The van der Waals surface area contributed by atoms with Crippen molar-refractivity contribution in [1.82, 2.24) is 0 Å². The molecule has 0 fully saturated rings. The monoisotopic (exact) mass is 456 g/mol. The molecular formula is C12H32O6S4Si2. The van der Waals surface area contributed by atoms with Crippen LogP contribution in [0.4, 0.5) is 0 Å². The molecule has 0 aliphatic carbocycles. The van der Waals surface area contributed by atoms with Gasteiger partial charge in [0.05, 0.1) is 0 Å². The van der Waals surface area contributed by atoms with E-state index in [-0.39, 0.29) is 9.93 Å². The summed E-state index contributed by atoms with van der Waals surface area (Å²) in [5.41, 5.74) is 0. The molecule has 0 aliphatic rings. The number of hydrogen-bond donors (Lipinski definition) is 2. The lowest BCUT2D eigenvalue weighted by molar-refractivity contribution is 0.123. The summed E-state index contributed by atoms with van der Waals surface area (Å²) in [5, 5.41) is 0. The van der Waals surface area contributed by atoms with E-state index in [4.69, 9.17) is 26.6 Å². The second kappa shape index (κ2) is 14.6. The Morgan fingerprint density at radius 3 is 1.29 bits per heavy atom. The van der Waals surface area contributed by atoms with Gasteiger partial charge < -0.3 is 26.6 Å². The molecule has 0 unspecified atom stereocenters. The highest BCUT2D eigenvalue weighted by molar-refractivity contribution is 9.26. The highest BCUT2D eigenvalue weighted by atomic mass is 33.7. The van der Waals surface area contributed by atoms with Gasteiger partial charge in [-0.1, -0.05) is 11.7 Å². The molecule has 0 aromatic rings. The highest BCUT2D eigenvalue weighted by Crippen LogP contribution is 2.51. The van der Waals surface area contributed by atoms with Crippen molar-refractivity contribution < 1.29 is 26.6 Å². The van der Waals surface area contributed by atoms with Crippen molar-refractivity contribution in [3.05, 3.63) is 0 Å². The van der Waals surface area contributed by atoms with Crippen molar-refractivity contribution in [1.29, 1.82) is 0 Å². The van der Waals surface area contributed by atoms with E-state index in [1.807, 2.05) is 9.83 Å². The molecule has 0 aliphatic heterocycles. The van der Waals surface area contributed by atoms with Gasteiger partial charge in [0.2, 0.25) is 0 Å². The molecular weight excluding hydrogens is 425 g/mol. The molecule has 12 heteroatoms. The van der Waals surface area contributed by atoms with E-state index in [2.05, 4.69) is 11.7 Å². The summed E-state index contributed by atoms with van der Waals surface area (Å²) in [6.45, 7) is 0. The largest absolute Gasteiger partial charge is 0.500 e. The van der Waals surface area contributed by atoms with E-state index < -0.39 is 17.6 Å². The molecule has 6 nitrogen and oxygen atoms in total. The van der Waals surface area contributed by atoms with Crippen LogP contribution in [0.1, 0.15) is 12.8 Å². The second-order valence-electron chi connectivity index (χ2n) is 4.88. The van der Waals surface area contributed by atoms with Crippen molar-refractivity contribution in [2.75, 3.05) is 54.2 Å². The number of thiol groups is 2. The summed E-state index contributed by atoms with van der Waals surface area (Å²) < 4.78 is 32.9. The number of hydrogen-bond acceptors (Lipinski definition) is 9. The summed E-state index contributed by atoms with van der Waals surface area (Å²) in [5.74, 6) is 2.25. The zero-order valence-corrected chi connectivity index (χ0v) is 20.8. The lowest BCUT2D eigenvalue weighted by Crippen LogP contribution is -2.42. The maximum absolute atomic E-state index is 5.48. The van der Waals surface area contributed by atoms with Gasteiger partial charge in [0.1, 0.15) is 0 Å². The fourth-order valence-electron chi connectivity index (χ4n) is 2.29. The van der Waals surface area contributed by atoms with Gasteiger partial charge in [0.15, 0.2) is 0 Å². The van der Waals surface area contributed by atoms with E-state index in [0.29, 0.717) is 0 Å². The predicted octanol–water partition coefficient (Wildman–Crippen LogP) is 3.67. The van der Waals surface area contributed by atoms with Gasteiger partial charge in [-0.15, -0.1) is 0 Å². The quantitative estimate of drug-likeness (QED) is 0.207. The van der Waals surface area contributed by atoms with Crippen LogP contribution in [0.2, 0.25) is 12.1 Å². The topological polar surface area (TPSA) is 55.4 Å². The van der Waals surface area contributed by atoms with E-state index >= 15 is 0 Å². The van der Waals surface area contributed by atoms with Gasteiger partial charge >= 0.3 is 17.6 Å². The first-order chi connectivity index (χ1) is 11.5. The zero-order chi connectivity index (χ0) is 18.5. The fourth-order valence-corrected chi connectivity index (χ4v) is 14.1. The lowest BCUT2D eigenvalue weighted by Gasteiger charge is -2.27. The average molecular weight is 457 g/mol. The Kier molecular flexibility index (Phi) is 15.6. The Bertz CT molecular complexity index is 269. The zero-order valence-electron chi connectivity index (χ0n) is 15.4. The molecule has 0 amide bonds. The summed E-state index contributed by atoms with van der Waals surface area (Å²) in [4.78, 5) is 0. The Labute approximate surface area is 164 Å². The molecule has 148 valence electrons. The molecule has 0 radical (unpaired) electrons. The molecule has 24 heavy (non-hydrogen) atoms. The smallest absolute Gasteiger partial charge is 0.377 e. The van der Waals surface area contributed by atoms with Gasteiger partial charge in [0.25, 0.3) is 0 Å². The molecule has 0 heterocycles. The first-order valence-electron chi connectivity index (χ1n) is 7.55. The maximum atomic E-state index is 5.48. The van der Waals surface area contributed by atoms with E-state index in [1.54, 1.807) is 42.7 Å². The maximum Gasteiger partial charge on any atom is 0.500 e. The van der Waals surface area contributed by atoms with Gasteiger partial charge in [-0.05, 0) is 44.0 Å². The van der Waals surface area contributed by atoms with Crippen LogP contribution in [0.3, 0.4) is 0 Å². The minimum Gasteiger partial charge on any atom is -0.377 e. The molecule has 0 bridgehead atoms. The molecule has 0 atom stereocenters. The molecule has 0 aromatic carbocycles. The fraction of sp³-hybridized carbons (Fsp3) is 1.00. The highest BCUT2D eigenvalue weighted by Gasteiger charge is 2.38. The van der Waals surface area contributed by atoms with Crippen LogP contribution in [0.25, 0.3) is 0 Å². The molecule has 0 rings (SSSR count). The van der Waals surface area contributed by atoms with Crippen LogP contribution in [0.5, 0.6) is 0 Å². The van der Waals surface area contributed by atoms with Crippen molar-refractivity contribution in [3.8, 4) is 0 Å². The molecule has 0 aromatic heterocycles. The van der Waals surface area contributed by atoms with Gasteiger partial charge in [-0.2, -0.15) is 9.93 Å². The molecule has 0 spiro atoms. The van der Waals surface area contributed by atoms with Crippen molar-refractivity contribution >= 4 is 58.8 Å². The molecule has 0 saturated heterocycles. The third kappa shape index (κ3) is 8.99. The lowest BCUT2D eigenvalue weighted by atomic mass is 10.6. The van der Waals surface area contributed by atoms with Crippen LogP contribution in [0, 0.1) is 0 Å². The Morgan fingerprint density at radius 2 is 1.04 bits per heavy atom. The molecule has 0 saturated carbocycles.